The van der Waals surface area contributed by atoms with E-state index in [0.29, 0.717) is 0 Å². The molecule has 9 rings (SSSR count). The Morgan fingerprint density at radius 1 is 0.488 bits per heavy atom. The van der Waals surface area contributed by atoms with Crippen molar-refractivity contribution in [1.29, 1.82) is 0 Å². The van der Waals surface area contributed by atoms with Crippen LogP contribution in [0.3, 0.4) is 0 Å². The molecule has 0 bridgehead atoms. The Balaban J connectivity index is 1.25. The van der Waals surface area contributed by atoms with Crippen LogP contribution < -0.4 is 0 Å². The number of rotatable bonds is 2. The van der Waals surface area contributed by atoms with E-state index >= 15 is 0 Å². The van der Waals surface area contributed by atoms with Gasteiger partial charge in [-0.15, -0.1) is 0 Å². The van der Waals surface area contributed by atoms with Crippen LogP contribution >= 0.6 is 0 Å². The fraction of sp³-hybridized carbons (Fsp3) is 0.0769. The maximum Gasteiger partial charge on any atom is 0.136 e. The minimum Gasteiger partial charge on any atom is -0.456 e. The van der Waals surface area contributed by atoms with Gasteiger partial charge in [-0.25, -0.2) is 0 Å². The van der Waals surface area contributed by atoms with Crippen LogP contribution in [0.5, 0.6) is 0 Å². The summed E-state index contributed by atoms with van der Waals surface area (Å²) in [6, 6.07) is 46.2. The zero-order valence-electron chi connectivity index (χ0n) is 23.0. The third kappa shape index (κ3) is 3.08. The van der Waals surface area contributed by atoms with E-state index in [2.05, 4.69) is 134 Å². The van der Waals surface area contributed by atoms with E-state index in [1.54, 1.807) is 0 Å². The lowest BCUT2D eigenvalue weighted by atomic mass is 9.81. The third-order valence-corrected chi connectivity index (χ3v) is 9.19. The zero-order valence-corrected chi connectivity index (χ0v) is 23.0. The predicted molar refractivity (Wildman–Crippen MR) is 171 cm³/mol. The molecule has 0 N–H and O–H groups in total. The second-order valence-electron chi connectivity index (χ2n) is 11.8. The lowest BCUT2D eigenvalue weighted by molar-refractivity contribution is 0.661. The van der Waals surface area contributed by atoms with E-state index in [1.165, 1.54) is 66.3 Å². The molecule has 0 aliphatic heterocycles. The van der Waals surface area contributed by atoms with Crippen molar-refractivity contribution in [3.8, 4) is 27.9 Å². The highest BCUT2D eigenvalue weighted by molar-refractivity contribution is 6.11. The number of fused-ring (bicyclic) bond motifs is 9. The number of hydrogen-bond donors (Lipinski definition) is 0. The molecule has 41 heavy (non-hydrogen) atoms. The van der Waals surface area contributed by atoms with Crippen LogP contribution in [-0.2, 0) is 5.41 Å². The molecule has 2 heterocycles. The molecule has 0 saturated heterocycles. The molecule has 2 aromatic heterocycles. The van der Waals surface area contributed by atoms with Crippen molar-refractivity contribution < 1.29 is 4.42 Å². The highest BCUT2D eigenvalue weighted by Gasteiger charge is 2.36. The second kappa shape index (κ2) is 7.99. The van der Waals surface area contributed by atoms with Crippen molar-refractivity contribution in [2.45, 2.75) is 19.3 Å². The molecule has 8 aromatic rings. The van der Waals surface area contributed by atoms with Gasteiger partial charge in [0, 0.05) is 32.6 Å². The highest BCUT2D eigenvalue weighted by Crippen LogP contribution is 2.52. The molecule has 6 aromatic carbocycles. The molecule has 0 atom stereocenters. The smallest absolute Gasteiger partial charge is 0.136 e. The summed E-state index contributed by atoms with van der Waals surface area (Å²) < 4.78 is 8.62. The Labute approximate surface area is 238 Å². The number of benzene rings is 6. The first-order chi connectivity index (χ1) is 20.1. The molecule has 1 aliphatic carbocycles. The first kappa shape index (κ1) is 22.7. The monoisotopic (exact) mass is 525 g/mol. The van der Waals surface area contributed by atoms with Gasteiger partial charge in [0.15, 0.2) is 0 Å². The summed E-state index contributed by atoms with van der Waals surface area (Å²) in [4.78, 5) is 0. The fourth-order valence-corrected chi connectivity index (χ4v) is 7.14. The Morgan fingerprint density at radius 2 is 1.17 bits per heavy atom. The SMILES string of the molecule is CC1(C)c2cc(-c3ccc4c(c3)oc3ccccc34)ccc2-c2cc3c(cc21)c1ccccc1n3-c1ccccc1. The summed E-state index contributed by atoms with van der Waals surface area (Å²) in [5, 5.41) is 4.93. The molecular formula is C39H27NO. The largest absolute Gasteiger partial charge is 0.456 e. The molecule has 2 heteroatoms. The average molecular weight is 526 g/mol. The lowest BCUT2D eigenvalue weighted by Crippen LogP contribution is -2.15. The molecule has 194 valence electrons. The van der Waals surface area contributed by atoms with Gasteiger partial charge in [0.25, 0.3) is 0 Å². The Kier molecular flexibility index (Phi) is 4.42. The van der Waals surface area contributed by atoms with Gasteiger partial charge in [-0.3, -0.25) is 0 Å². The van der Waals surface area contributed by atoms with Crippen molar-refractivity contribution in [2.24, 2.45) is 0 Å². The van der Waals surface area contributed by atoms with Crippen LogP contribution in [0.2, 0.25) is 0 Å². The van der Waals surface area contributed by atoms with Crippen molar-refractivity contribution in [1.82, 2.24) is 4.57 Å². The number of aromatic nitrogens is 1. The van der Waals surface area contributed by atoms with Crippen molar-refractivity contribution in [3.05, 3.63) is 139 Å². The van der Waals surface area contributed by atoms with Crippen LogP contribution in [0, 0.1) is 0 Å². The number of nitrogens with zero attached hydrogens (tertiary/aromatic N) is 1. The predicted octanol–water partition coefficient (Wildman–Crippen LogP) is 10.7. The quantitative estimate of drug-likeness (QED) is 0.219. The average Bonchev–Trinajstić information content (AvgIpc) is 3.62. The summed E-state index contributed by atoms with van der Waals surface area (Å²) in [6.07, 6.45) is 0. The van der Waals surface area contributed by atoms with Gasteiger partial charge in [0.2, 0.25) is 0 Å². The maximum absolute atomic E-state index is 6.21. The summed E-state index contributed by atoms with van der Waals surface area (Å²) in [5.74, 6) is 0. The molecule has 0 fully saturated rings. The van der Waals surface area contributed by atoms with Gasteiger partial charge in [-0.1, -0.05) is 86.6 Å². The van der Waals surface area contributed by atoms with Gasteiger partial charge in [-0.2, -0.15) is 0 Å². The number of furan rings is 1. The zero-order chi connectivity index (χ0) is 27.3. The Bertz CT molecular complexity index is 2330. The van der Waals surface area contributed by atoms with Gasteiger partial charge < -0.3 is 8.98 Å². The standard InChI is InChI=1S/C39H27NO/c1-39(2)33-20-24(25-17-19-30-29-13-7-9-15-37(29)41-38(30)21-25)16-18-27(33)31-23-36-32(22-34(31)39)28-12-6-8-14-35(28)40(36)26-10-4-3-5-11-26/h3-23H,1-2H3. The number of hydrogen-bond acceptors (Lipinski definition) is 1. The van der Waals surface area contributed by atoms with E-state index < -0.39 is 0 Å². The molecule has 2 nitrogen and oxygen atoms in total. The minimum absolute atomic E-state index is 0.117. The van der Waals surface area contributed by atoms with Crippen LogP contribution in [0.1, 0.15) is 25.0 Å². The van der Waals surface area contributed by atoms with E-state index in [0.717, 1.165) is 16.6 Å². The fourth-order valence-electron chi connectivity index (χ4n) is 7.14. The topological polar surface area (TPSA) is 18.1 Å². The van der Waals surface area contributed by atoms with E-state index in [-0.39, 0.29) is 5.41 Å². The maximum atomic E-state index is 6.21. The van der Waals surface area contributed by atoms with Gasteiger partial charge in [-0.05, 0) is 88.0 Å². The van der Waals surface area contributed by atoms with Crippen LogP contribution in [-0.4, -0.2) is 4.57 Å². The molecule has 0 radical (unpaired) electrons. The molecular weight excluding hydrogens is 498 g/mol. The highest BCUT2D eigenvalue weighted by atomic mass is 16.3. The van der Waals surface area contributed by atoms with Crippen molar-refractivity contribution in [3.63, 3.8) is 0 Å². The molecule has 0 saturated carbocycles. The van der Waals surface area contributed by atoms with E-state index in [4.69, 9.17) is 4.42 Å². The molecule has 0 unspecified atom stereocenters. The number of para-hydroxylation sites is 3. The van der Waals surface area contributed by atoms with Crippen molar-refractivity contribution >= 4 is 43.7 Å². The summed E-state index contributed by atoms with van der Waals surface area (Å²) in [5.41, 5.74) is 13.2. The molecule has 1 aliphatic rings. The molecule has 0 spiro atoms. The Morgan fingerprint density at radius 3 is 2.05 bits per heavy atom. The second-order valence-corrected chi connectivity index (χ2v) is 11.8. The normalized spacial score (nSPS) is 13.8. The van der Waals surface area contributed by atoms with Crippen LogP contribution in [0.4, 0.5) is 0 Å². The van der Waals surface area contributed by atoms with E-state index in [1.807, 2.05) is 12.1 Å². The van der Waals surface area contributed by atoms with E-state index in [9.17, 15) is 0 Å². The third-order valence-electron chi connectivity index (χ3n) is 9.19. The first-order valence-electron chi connectivity index (χ1n) is 14.3. The summed E-state index contributed by atoms with van der Waals surface area (Å²) in [7, 11) is 0. The van der Waals surface area contributed by atoms with Gasteiger partial charge in [0.1, 0.15) is 11.2 Å². The molecule has 0 amide bonds. The first-order valence-corrected chi connectivity index (χ1v) is 14.3. The summed E-state index contributed by atoms with van der Waals surface area (Å²) in [6.45, 7) is 4.73. The van der Waals surface area contributed by atoms with Crippen LogP contribution in [0.25, 0.3) is 71.7 Å². The summed E-state index contributed by atoms with van der Waals surface area (Å²) >= 11 is 0. The Hall–Kier alpha value is -5.08. The van der Waals surface area contributed by atoms with Crippen molar-refractivity contribution in [2.75, 3.05) is 0 Å². The minimum atomic E-state index is -0.117. The van der Waals surface area contributed by atoms with Gasteiger partial charge in [0.05, 0.1) is 11.0 Å². The lowest BCUT2D eigenvalue weighted by Gasteiger charge is -2.22. The van der Waals surface area contributed by atoms with Gasteiger partial charge >= 0.3 is 0 Å². The van der Waals surface area contributed by atoms with Crippen LogP contribution in [0.15, 0.2) is 132 Å².